The van der Waals surface area contributed by atoms with E-state index in [9.17, 15) is 20.0 Å². The molecular formula is C36H38N4O4. The van der Waals surface area contributed by atoms with Crippen molar-refractivity contribution in [2.24, 2.45) is 0 Å². The summed E-state index contributed by atoms with van der Waals surface area (Å²) in [5.41, 5.74) is 5.25. The average molecular weight is 591 g/mol. The van der Waals surface area contributed by atoms with Gasteiger partial charge in [-0.25, -0.2) is 0 Å². The number of hydrogen-bond acceptors (Lipinski definition) is 4. The van der Waals surface area contributed by atoms with Crippen molar-refractivity contribution in [2.45, 2.75) is 38.0 Å². The highest BCUT2D eigenvalue weighted by atomic mass is 16.6. The Morgan fingerprint density at radius 1 is 0.568 bits per heavy atom. The van der Waals surface area contributed by atoms with E-state index >= 15 is 0 Å². The first-order chi connectivity index (χ1) is 21.4. The van der Waals surface area contributed by atoms with Gasteiger partial charge in [0.1, 0.15) is 26.2 Å². The maximum Gasteiger partial charge on any atom is 0.283 e. The molecule has 4 atom stereocenters. The first kappa shape index (κ1) is 29.7. The summed E-state index contributed by atoms with van der Waals surface area (Å²) in [6, 6.07) is 32.7. The van der Waals surface area contributed by atoms with Gasteiger partial charge in [0, 0.05) is 35.3 Å². The number of amides is 2. The number of carbonyl (C=O) groups excluding carboxylic acids is 2. The molecule has 0 aromatic heterocycles. The topological polar surface area (TPSA) is 104 Å². The van der Waals surface area contributed by atoms with Crippen molar-refractivity contribution in [3.05, 3.63) is 153 Å². The molecule has 44 heavy (non-hydrogen) atoms. The SMILES string of the molecule is O=C(NCCc1ccccc1)[C@H]1c2ccccc2C[N+]1([O-])CC[N+]1([O-])Cc2ccccc2[C@@H]1C(=O)NCCc1ccccc1. The van der Waals surface area contributed by atoms with Gasteiger partial charge >= 0.3 is 0 Å². The molecule has 2 amide bonds. The van der Waals surface area contributed by atoms with E-state index in [1.54, 1.807) is 0 Å². The number of carbonyl (C=O) groups is 2. The van der Waals surface area contributed by atoms with Gasteiger partial charge in [0.25, 0.3) is 11.8 Å². The predicted octanol–water partition coefficient (Wildman–Crippen LogP) is 4.84. The van der Waals surface area contributed by atoms with E-state index in [1.807, 2.05) is 109 Å². The Balaban J connectivity index is 1.18. The van der Waals surface area contributed by atoms with Crippen LogP contribution in [-0.4, -0.2) is 47.3 Å². The molecule has 2 unspecified atom stereocenters. The lowest BCUT2D eigenvalue weighted by Crippen LogP contribution is -2.55. The summed E-state index contributed by atoms with van der Waals surface area (Å²) in [4.78, 5) is 27.2. The monoisotopic (exact) mass is 590 g/mol. The van der Waals surface area contributed by atoms with Crippen LogP contribution in [0.15, 0.2) is 109 Å². The van der Waals surface area contributed by atoms with E-state index in [0.29, 0.717) is 37.1 Å². The molecule has 0 spiro atoms. The van der Waals surface area contributed by atoms with Crippen molar-refractivity contribution < 1.29 is 18.9 Å². The molecule has 2 aliphatic rings. The highest BCUT2D eigenvalue weighted by Gasteiger charge is 2.48. The standard InChI is InChI=1S/C36H38N4O4/c41-35(37-21-19-27-11-3-1-4-12-27)33-31-17-9-7-15-29(31)25-39(33,43)23-24-40(44)26-30-16-8-10-18-32(30)34(40)36(42)38-22-20-28-13-5-2-6-14-28/h1-18,33-34H,19-26H2,(H,37,41)(H,38,42)/t33-,34-,39?,40?/m1/s1. The summed E-state index contributed by atoms with van der Waals surface area (Å²) in [5.74, 6) is -0.670. The van der Waals surface area contributed by atoms with Gasteiger partial charge in [-0.2, -0.15) is 0 Å². The van der Waals surface area contributed by atoms with Gasteiger partial charge in [-0.05, 0) is 24.0 Å². The number of nitrogens with one attached hydrogen (secondary N) is 2. The second kappa shape index (κ2) is 12.7. The van der Waals surface area contributed by atoms with Crippen LogP contribution >= 0.6 is 0 Å². The number of hydroxylamine groups is 6. The molecule has 2 aliphatic heterocycles. The van der Waals surface area contributed by atoms with Crippen LogP contribution in [0.1, 0.15) is 45.5 Å². The average Bonchev–Trinajstić information content (AvgIpc) is 3.51. The molecule has 4 aromatic carbocycles. The molecule has 6 rings (SSSR count). The molecule has 0 radical (unpaired) electrons. The van der Waals surface area contributed by atoms with Crippen molar-refractivity contribution in [1.82, 2.24) is 10.6 Å². The van der Waals surface area contributed by atoms with Gasteiger partial charge in [0.05, 0.1) is 0 Å². The summed E-state index contributed by atoms with van der Waals surface area (Å²) in [6.45, 7) is 0.850. The molecule has 0 bridgehead atoms. The van der Waals surface area contributed by atoms with E-state index in [1.165, 1.54) is 0 Å². The molecule has 8 heteroatoms. The lowest BCUT2D eigenvalue weighted by atomic mass is 10.0. The molecule has 0 aliphatic carbocycles. The maximum atomic E-state index is 14.6. The van der Waals surface area contributed by atoms with Gasteiger partial charge < -0.3 is 30.3 Å². The molecule has 0 saturated heterocycles. The van der Waals surface area contributed by atoms with E-state index in [4.69, 9.17) is 0 Å². The molecule has 2 heterocycles. The normalized spacial score (nSPS) is 23.5. The van der Waals surface area contributed by atoms with Gasteiger partial charge in [-0.1, -0.05) is 109 Å². The van der Waals surface area contributed by atoms with Gasteiger partial charge in [-0.3, -0.25) is 9.59 Å². The molecule has 0 fully saturated rings. The second-order valence-electron chi connectivity index (χ2n) is 11.9. The Hall–Kier alpha value is -4.34. The molecule has 8 nitrogen and oxygen atoms in total. The second-order valence-corrected chi connectivity index (χ2v) is 11.9. The van der Waals surface area contributed by atoms with E-state index in [-0.39, 0.29) is 38.0 Å². The van der Waals surface area contributed by atoms with E-state index < -0.39 is 21.4 Å². The highest BCUT2D eigenvalue weighted by Crippen LogP contribution is 2.43. The number of quaternary nitrogens is 2. The number of rotatable bonds is 11. The lowest BCUT2D eigenvalue weighted by Gasteiger charge is -2.49. The van der Waals surface area contributed by atoms with Gasteiger partial charge in [-0.15, -0.1) is 0 Å². The largest absolute Gasteiger partial charge is 0.632 e. The van der Waals surface area contributed by atoms with Crippen LogP contribution in [0, 0.1) is 10.4 Å². The highest BCUT2D eigenvalue weighted by molar-refractivity contribution is 5.83. The summed E-state index contributed by atoms with van der Waals surface area (Å²) in [7, 11) is 0. The molecule has 4 aromatic rings. The minimum absolute atomic E-state index is 0.0866. The maximum absolute atomic E-state index is 14.6. The van der Waals surface area contributed by atoms with Gasteiger partial charge in [0.15, 0.2) is 12.1 Å². The van der Waals surface area contributed by atoms with E-state index in [2.05, 4.69) is 10.6 Å². The Bertz CT molecular complexity index is 1490. The number of benzene rings is 4. The Kier molecular flexibility index (Phi) is 8.59. The Morgan fingerprint density at radius 3 is 1.34 bits per heavy atom. The fourth-order valence-corrected chi connectivity index (χ4v) is 6.76. The fourth-order valence-electron chi connectivity index (χ4n) is 6.76. The van der Waals surface area contributed by atoms with Crippen LogP contribution in [0.2, 0.25) is 0 Å². The number of nitrogens with zero attached hydrogens (tertiary/aromatic N) is 2. The zero-order chi connectivity index (χ0) is 30.6. The van der Waals surface area contributed by atoms with Crippen molar-refractivity contribution in [2.75, 3.05) is 26.2 Å². The molecule has 0 saturated carbocycles. The van der Waals surface area contributed by atoms with Crippen molar-refractivity contribution in [3.8, 4) is 0 Å². The summed E-state index contributed by atoms with van der Waals surface area (Å²) in [5, 5.41) is 35.1. The van der Waals surface area contributed by atoms with Crippen LogP contribution in [0.5, 0.6) is 0 Å². The minimum Gasteiger partial charge on any atom is -0.632 e. The molecule has 226 valence electrons. The zero-order valence-corrected chi connectivity index (χ0v) is 24.7. The van der Waals surface area contributed by atoms with Crippen LogP contribution in [0.3, 0.4) is 0 Å². The first-order valence-electron chi connectivity index (χ1n) is 15.3. The first-order valence-corrected chi connectivity index (χ1v) is 15.3. The minimum atomic E-state index is -0.975. The summed E-state index contributed by atoms with van der Waals surface area (Å²) >= 11 is 0. The quantitative estimate of drug-likeness (QED) is 0.193. The van der Waals surface area contributed by atoms with Gasteiger partial charge in [0.2, 0.25) is 0 Å². The van der Waals surface area contributed by atoms with Crippen molar-refractivity contribution >= 4 is 11.8 Å². The van der Waals surface area contributed by atoms with E-state index in [0.717, 1.165) is 22.3 Å². The van der Waals surface area contributed by atoms with Crippen LogP contribution < -0.4 is 10.6 Å². The third-order valence-corrected chi connectivity index (χ3v) is 8.98. The zero-order valence-electron chi connectivity index (χ0n) is 24.7. The van der Waals surface area contributed by atoms with Crippen LogP contribution in [0.25, 0.3) is 0 Å². The molecular weight excluding hydrogens is 552 g/mol. The smallest absolute Gasteiger partial charge is 0.283 e. The predicted molar refractivity (Wildman–Crippen MR) is 169 cm³/mol. The lowest BCUT2D eigenvalue weighted by molar-refractivity contribution is -0.962. The number of fused-ring (bicyclic) bond motifs is 2. The molecule has 2 N–H and O–H groups in total. The van der Waals surface area contributed by atoms with Crippen molar-refractivity contribution in [3.63, 3.8) is 0 Å². The summed E-state index contributed by atoms with van der Waals surface area (Å²) < 4.78 is -1.70. The van der Waals surface area contributed by atoms with Crippen molar-refractivity contribution in [1.29, 1.82) is 0 Å². The van der Waals surface area contributed by atoms with Crippen LogP contribution in [-0.2, 0) is 35.5 Å². The fraction of sp³-hybridized carbons (Fsp3) is 0.278. The summed E-state index contributed by atoms with van der Waals surface area (Å²) in [6.07, 6.45) is 1.30. The Labute approximate surface area is 258 Å². The third kappa shape index (κ3) is 6.16. The third-order valence-electron chi connectivity index (χ3n) is 8.98. The van der Waals surface area contributed by atoms with Crippen LogP contribution in [0.4, 0.5) is 0 Å². The Morgan fingerprint density at radius 2 is 0.932 bits per heavy atom. The number of hydrogen-bond donors (Lipinski definition) is 2.